The molecule has 152 valence electrons. The minimum absolute atomic E-state index is 0.189. The van der Waals surface area contributed by atoms with Gasteiger partial charge >= 0.3 is 0 Å². The number of nitrogens with one attached hydrogen (secondary N) is 2. The number of halogens is 1. The third-order valence-electron chi connectivity index (χ3n) is 4.72. The normalized spacial score (nSPS) is 11.9. The van der Waals surface area contributed by atoms with Gasteiger partial charge in [-0.15, -0.1) is 0 Å². The zero-order valence-electron chi connectivity index (χ0n) is 16.4. The molecule has 0 saturated carbocycles. The van der Waals surface area contributed by atoms with Gasteiger partial charge in [0, 0.05) is 24.6 Å². The lowest BCUT2D eigenvalue weighted by Gasteiger charge is -2.19. The number of hydrogen-bond donors (Lipinski definition) is 2. The third kappa shape index (κ3) is 4.45. The molecule has 6 nitrogen and oxygen atoms in total. The summed E-state index contributed by atoms with van der Waals surface area (Å²) in [7, 11) is 1.55. The molecule has 0 fully saturated rings. The Morgan fingerprint density at radius 1 is 1.13 bits per heavy atom. The highest BCUT2D eigenvalue weighted by atomic mass is 35.5. The third-order valence-corrected chi connectivity index (χ3v) is 5.01. The number of nitrogens with zero attached hydrogens (tertiary/aromatic N) is 2. The summed E-state index contributed by atoms with van der Waals surface area (Å²) in [6.07, 6.45) is 3.90. The maximum absolute atomic E-state index is 13.1. The molecule has 0 aliphatic carbocycles. The molecule has 30 heavy (non-hydrogen) atoms. The number of benzene rings is 2. The van der Waals surface area contributed by atoms with E-state index in [0.29, 0.717) is 23.0 Å². The van der Waals surface area contributed by atoms with E-state index < -0.39 is 6.04 Å². The summed E-state index contributed by atoms with van der Waals surface area (Å²) in [5, 5.41) is 6.69. The number of pyridine rings is 1. The summed E-state index contributed by atoms with van der Waals surface area (Å²) in [6, 6.07) is 20.0. The zero-order valence-corrected chi connectivity index (χ0v) is 17.1. The lowest BCUT2D eigenvalue weighted by atomic mass is 10.1. The molecule has 4 aromatic rings. The SMILES string of the molecule is COc1ccc(NC(=O)[C@H](NCc2cn3ccccc3n2)c2ccccc2)cc1Cl. The quantitative estimate of drug-likeness (QED) is 0.463. The molecule has 4 rings (SSSR count). The maximum Gasteiger partial charge on any atom is 0.246 e. The second-order valence-electron chi connectivity index (χ2n) is 6.76. The molecule has 2 N–H and O–H groups in total. The van der Waals surface area contributed by atoms with Crippen LogP contribution in [0.4, 0.5) is 5.69 Å². The molecule has 0 unspecified atom stereocenters. The number of fused-ring (bicyclic) bond motifs is 1. The summed E-state index contributed by atoms with van der Waals surface area (Å²) in [6.45, 7) is 0.442. The molecule has 2 aromatic carbocycles. The van der Waals surface area contributed by atoms with E-state index in [-0.39, 0.29) is 5.91 Å². The average molecular weight is 421 g/mol. The molecule has 7 heteroatoms. The molecule has 0 saturated heterocycles. The standard InChI is InChI=1S/C23H21ClN4O2/c1-30-20-11-10-17(13-19(20)24)27-23(29)22(16-7-3-2-4-8-16)25-14-18-15-28-12-6-5-9-21(28)26-18/h2-13,15,22,25H,14H2,1H3,(H,27,29)/t22-/m1/s1. The molecule has 2 heterocycles. The maximum atomic E-state index is 13.1. The smallest absolute Gasteiger partial charge is 0.246 e. The van der Waals surface area contributed by atoms with Crippen LogP contribution in [-0.2, 0) is 11.3 Å². The van der Waals surface area contributed by atoms with Crippen LogP contribution in [0.2, 0.25) is 5.02 Å². The number of aromatic nitrogens is 2. The zero-order chi connectivity index (χ0) is 20.9. The number of amides is 1. The van der Waals surface area contributed by atoms with Crippen molar-refractivity contribution < 1.29 is 9.53 Å². The molecule has 0 aliphatic rings. The van der Waals surface area contributed by atoms with E-state index >= 15 is 0 Å². The van der Waals surface area contributed by atoms with Crippen LogP contribution in [0.15, 0.2) is 79.1 Å². The fourth-order valence-electron chi connectivity index (χ4n) is 3.24. The number of rotatable bonds is 7. The van der Waals surface area contributed by atoms with Crippen LogP contribution >= 0.6 is 11.6 Å². The van der Waals surface area contributed by atoms with Crippen molar-refractivity contribution in [1.29, 1.82) is 0 Å². The number of imidazole rings is 1. The lowest BCUT2D eigenvalue weighted by Crippen LogP contribution is -2.32. The number of ether oxygens (including phenoxy) is 1. The second kappa shape index (κ2) is 8.98. The number of carbonyl (C=O) groups excluding carboxylic acids is 1. The summed E-state index contributed by atoms with van der Waals surface area (Å²) in [4.78, 5) is 17.7. The molecule has 2 aromatic heterocycles. The van der Waals surface area contributed by atoms with Crippen molar-refractivity contribution in [2.45, 2.75) is 12.6 Å². The molecule has 1 atom stereocenters. The minimum atomic E-state index is -0.558. The molecule has 0 bridgehead atoms. The molecular formula is C23H21ClN4O2. The van der Waals surface area contributed by atoms with E-state index in [1.807, 2.05) is 65.3 Å². The van der Waals surface area contributed by atoms with Crippen molar-refractivity contribution in [2.24, 2.45) is 0 Å². The number of anilines is 1. The fourth-order valence-corrected chi connectivity index (χ4v) is 3.50. The van der Waals surface area contributed by atoms with Crippen LogP contribution in [0.5, 0.6) is 5.75 Å². The van der Waals surface area contributed by atoms with Gasteiger partial charge in [0.25, 0.3) is 0 Å². The molecule has 0 spiro atoms. The summed E-state index contributed by atoms with van der Waals surface area (Å²) < 4.78 is 7.12. The minimum Gasteiger partial charge on any atom is -0.495 e. The van der Waals surface area contributed by atoms with Crippen molar-refractivity contribution in [1.82, 2.24) is 14.7 Å². The Morgan fingerprint density at radius 2 is 1.93 bits per heavy atom. The Bertz CT molecular complexity index is 1130. The summed E-state index contributed by atoms with van der Waals surface area (Å²) in [5.74, 6) is 0.366. The van der Waals surface area contributed by atoms with Crippen molar-refractivity contribution in [3.63, 3.8) is 0 Å². The van der Waals surface area contributed by atoms with Gasteiger partial charge in [0.15, 0.2) is 0 Å². The van der Waals surface area contributed by atoms with Gasteiger partial charge < -0.3 is 14.5 Å². The van der Waals surface area contributed by atoms with Gasteiger partial charge in [0.2, 0.25) is 5.91 Å². The van der Waals surface area contributed by atoms with Crippen molar-refractivity contribution in [3.8, 4) is 5.75 Å². The first kappa shape index (κ1) is 19.9. The van der Waals surface area contributed by atoms with Gasteiger partial charge in [-0.05, 0) is 35.9 Å². The van der Waals surface area contributed by atoms with Gasteiger partial charge in [0.05, 0.1) is 17.8 Å². The Balaban J connectivity index is 1.53. The first-order valence-electron chi connectivity index (χ1n) is 9.49. The highest BCUT2D eigenvalue weighted by Gasteiger charge is 2.21. The highest BCUT2D eigenvalue weighted by molar-refractivity contribution is 6.32. The van der Waals surface area contributed by atoms with Crippen LogP contribution in [0, 0.1) is 0 Å². The second-order valence-corrected chi connectivity index (χ2v) is 7.17. The summed E-state index contributed by atoms with van der Waals surface area (Å²) in [5.41, 5.74) is 3.17. The average Bonchev–Trinajstić information content (AvgIpc) is 3.18. The van der Waals surface area contributed by atoms with Crippen LogP contribution in [0.1, 0.15) is 17.3 Å². The Morgan fingerprint density at radius 3 is 2.67 bits per heavy atom. The number of methoxy groups -OCH3 is 1. The van der Waals surface area contributed by atoms with E-state index in [0.717, 1.165) is 16.9 Å². The van der Waals surface area contributed by atoms with Gasteiger partial charge in [-0.3, -0.25) is 10.1 Å². The molecule has 0 aliphatic heterocycles. The number of hydrogen-bond acceptors (Lipinski definition) is 4. The van der Waals surface area contributed by atoms with Crippen molar-refractivity contribution in [2.75, 3.05) is 12.4 Å². The van der Waals surface area contributed by atoms with Crippen LogP contribution < -0.4 is 15.4 Å². The van der Waals surface area contributed by atoms with Gasteiger partial charge in [-0.2, -0.15) is 0 Å². The van der Waals surface area contributed by atoms with Gasteiger partial charge in [-0.25, -0.2) is 4.98 Å². The predicted octanol–water partition coefficient (Wildman–Crippen LogP) is 4.47. The Labute approximate surface area is 179 Å². The molecular weight excluding hydrogens is 400 g/mol. The highest BCUT2D eigenvalue weighted by Crippen LogP contribution is 2.28. The monoisotopic (exact) mass is 420 g/mol. The van der Waals surface area contributed by atoms with Crippen LogP contribution in [0.3, 0.4) is 0 Å². The molecule has 0 radical (unpaired) electrons. The van der Waals surface area contributed by atoms with Gasteiger partial charge in [-0.1, -0.05) is 48.0 Å². The number of carbonyl (C=O) groups is 1. The van der Waals surface area contributed by atoms with Crippen LogP contribution in [0.25, 0.3) is 5.65 Å². The first-order valence-corrected chi connectivity index (χ1v) is 9.87. The van der Waals surface area contributed by atoms with Crippen LogP contribution in [-0.4, -0.2) is 22.4 Å². The van der Waals surface area contributed by atoms with E-state index in [2.05, 4.69) is 15.6 Å². The van der Waals surface area contributed by atoms with E-state index in [9.17, 15) is 4.79 Å². The summed E-state index contributed by atoms with van der Waals surface area (Å²) >= 11 is 6.19. The Kier molecular flexibility index (Phi) is 5.97. The van der Waals surface area contributed by atoms with E-state index in [4.69, 9.17) is 16.3 Å². The molecule has 1 amide bonds. The first-order chi connectivity index (χ1) is 14.6. The van der Waals surface area contributed by atoms with Gasteiger partial charge in [0.1, 0.15) is 17.4 Å². The largest absolute Gasteiger partial charge is 0.495 e. The van der Waals surface area contributed by atoms with E-state index in [1.54, 1.807) is 25.3 Å². The van der Waals surface area contributed by atoms with Crippen molar-refractivity contribution >= 4 is 28.8 Å². The topological polar surface area (TPSA) is 67.7 Å². The lowest BCUT2D eigenvalue weighted by molar-refractivity contribution is -0.118. The fraction of sp³-hybridized carbons (Fsp3) is 0.130. The Hall–Kier alpha value is -3.35. The predicted molar refractivity (Wildman–Crippen MR) is 118 cm³/mol. The van der Waals surface area contributed by atoms with E-state index in [1.165, 1.54) is 0 Å². The van der Waals surface area contributed by atoms with Crippen molar-refractivity contribution in [3.05, 3.63) is 95.4 Å².